The van der Waals surface area contributed by atoms with E-state index in [-0.39, 0.29) is 5.91 Å². The molecule has 0 aliphatic carbocycles. The highest BCUT2D eigenvalue weighted by Gasteiger charge is 2.09. The molecule has 0 aliphatic heterocycles. The number of hydrogen-bond donors (Lipinski definition) is 2. The van der Waals surface area contributed by atoms with Crippen LogP contribution in [0.2, 0.25) is 0 Å². The van der Waals surface area contributed by atoms with Gasteiger partial charge in [0.1, 0.15) is 0 Å². The molecule has 2 N–H and O–H groups in total. The van der Waals surface area contributed by atoms with E-state index >= 15 is 0 Å². The monoisotopic (exact) mass is 297 g/mol. The second-order valence-electron chi connectivity index (χ2n) is 4.93. The molecule has 112 valence electrons. The van der Waals surface area contributed by atoms with Crippen molar-refractivity contribution in [2.45, 2.75) is 20.4 Å². The van der Waals surface area contributed by atoms with Gasteiger partial charge in [0.05, 0.1) is 0 Å². The zero-order chi connectivity index (χ0) is 15.5. The lowest BCUT2D eigenvalue weighted by molar-refractivity contribution is 0.0941. The molecule has 0 saturated carbocycles. The number of amides is 1. The quantitative estimate of drug-likeness (QED) is 0.767. The van der Waals surface area contributed by atoms with Gasteiger partial charge in [-0.15, -0.1) is 0 Å². The first-order chi connectivity index (χ1) is 10.6. The molecule has 22 heavy (non-hydrogen) atoms. The molecule has 0 spiro atoms. The Morgan fingerprint density at radius 2 is 2.05 bits per heavy atom. The summed E-state index contributed by atoms with van der Waals surface area (Å²) >= 11 is 0. The minimum atomic E-state index is -0.231. The molecule has 1 aromatic carbocycles. The SMILES string of the molecule is Cc1cnc(C(=O)NCc2ccc(-c3noc(C)n3)cc2)[nH]1. The fourth-order valence-corrected chi connectivity index (χ4v) is 1.98. The number of nitrogens with one attached hydrogen (secondary N) is 2. The standard InChI is InChI=1S/C15H15N5O2/c1-9-7-16-14(18-9)15(21)17-8-11-3-5-12(6-4-11)13-19-10(2)22-20-13/h3-7H,8H2,1-2H3,(H,16,18)(H,17,21). The van der Waals surface area contributed by atoms with Crippen molar-refractivity contribution in [2.75, 3.05) is 0 Å². The average molecular weight is 297 g/mol. The maximum Gasteiger partial charge on any atom is 0.287 e. The number of aromatic nitrogens is 4. The molecule has 0 unspecified atom stereocenters. The number of aromatic amines is 1. The summed E-state index contributed by atoms with van der Waals surface area (Å²) in [6.45, 7) is 4.02. The number of carbonyl (C=O) groups excluding carboxylic acids is 1. The van der Waals surface area contributed by atoms with Crippen LogP contribution in [-0.4, -0.2) is 26.0 Å². The van der Waals surface area contributed by atoms with Crippen LogP contribution in [0.25, 0.3) is 11.4 Å². The molecule has 3 aromatic rings. The first-order valence-corrected chi connectivity index (χ1v) is 6.81. The predicted molar refractivity (Wildman–Crippen MR) is 79.0 cm³/mol. The van der Waals surface area contributed by atoms with Crippen LogP contribution in [0.1, 0.15) is 27.8 Å². The Bertz CT molecular complexity index is 788. The molecule has 2 aromatic heterocycles. The number of rotatable bonds is 4. The smallest absolute Gasteiger partial charge is 0.287 e. The van der Waals surface area contributed by atoms with Gasteiger partial charge in [0.15, 0.2) is 5.82 Å². The van der Waals surface area contributed by atoms with Gasteiger partial charge < -0.3 is 14.8 Å². The van der Waals surface area contributed by atoms with Gasteiger partial charge in [0.25, 0.3) is 5.91 Å². The van der Waals surface area contributed by atoms with E-state index in [0.717, 1.165) is 16.8 Å². The van der Waals surface area contributed by atoms with Gasteiger partial charge >= 0.3 is 0 Å². The van der Waals surface area contributed by atoms with Gasteiger partial charge in [-0.2, -0.15) is 4.98 Å². The lowest BCUT2D eigenvalue weighted by Crippen LogP contribution is -2.23. The maximum absolute atomic E-state index is 11.9. The normalized spacial score (nSPS) is 10.6. The summed E-state index contributed by atoms with van der Waals surface area (Å²) in [4.78, 5) is 22.9. The third-order valence-corrected chi connectivity index (χ3v) is 3.11. The van der Waals surface area contributed by atoms with Gasteiger partial charge in [-0.1, -0.05) is 29.4 Å². The predicted octanol–water partition coefficient (Wildman–Crippen LogP) is 2.01. The minimum Gasteiger partial charge on any atom is -0.345 e. The van der Waals surface area contributed by atoms with Crippen LogP contribution in [0.4, 0.5) is 0 Å². The molecule has 7 heteroatoms. The molecule has 2 heterocycles. The third kappa shape index (κ3) is 3.03. The van der Waals surface area contributed by atoms with Crippen molar-refractivity contribution in [3.8, 4) is 11.4 Å². The summed E-state index contributed by atoms with van der Waals surface area (Å²) in [5, 5.41) is 6.67. The Kier molecular flexibility index (Phi) is 3.69. The first kappa shape index (κ1) is 14.0. The fraction of sp³-hybridized carbons (Fsp3) is 0.200. The molecule has 3 rings (SSSR count). The van der Waals surface area contributed by atoms with Gasteiger partial charge in [-0.05, 0) is 12.5 Å². The molecule has 0 aliphatic rings. The molecule has 0 radical (unpaired) electrons. The second kappa shape index (κ2) is 5.80. The van der Waals surface area contributed by atoms with Crippen LogP contribution in [0.15, 0.2) is 35.0 Å². The molecule has 0 fully saturated rings. The van der Waals surface area contributed by atoms with E-state index in [1.165, 1.54) is 0 Å². The topological polar surface area (TPSA) is 96.7 Å². The molecular formula is C15H15N5O2. The van der Waals surface area contributed by atoms with E-state index in [1.54, 1.807) is 13.1 Å². The third-order valence-electron chi connectivity index (χ3n) is 3.11. The van der Waals surface area contributed by atoms with Crippen molar-refractivity contribution in [3.63, 3.8) is 0 Å². The van der Waals surface area contributed by atoms with Gasteiger partial charge in [0, 0.05) is 30.9 Å². The summed E-state index contributed by atoms with van der Waals surface area (Å²) in [7, 11) is 0. The van der Waals surface area contributed by atoms with Gasteiger partial charge in [0.2, 0.25) is 11.7 Å². The number of H-pyrrole nitrogens is 1. The van der Waals surface area contributed by atoms with E-state index < -0.39 is 0 Å². The van der Waals surface area contributed by atoms with Crippen LogP contribution in [-0.2, 0) is 6.54 Å². The molecule has 0 bridgehead atoms. The van der Waals surface area contributed by atoms with E-state index in [1.807, 2.05) is 31.2 Å². The first-order valence-electron chi connectivity index (χ1n) is 6.81. The highest BCUT2D eigenvalue weighted by atomic mass is 16.5. The largest absolute Gasteiger partial charge is 0.345 e. The zero-order valence-corrected chi connectivity index (χ0v) is 12.3. The number of imidazole rings is 1. The van der Waals surface area contributed by atoms with Crippen LogP contribution in [0.5, 0.6) is 0 Å². The summed E-state index contributed by atoms with van der Waals surface area (Å²) in [6.07, 6.45) is 1.62. The van der Waals surface area contributed by atoms with Crippen molar-refractivity contribution >= 4 is 5.91 Å². The number of hydrogen-bond acceptors (Lipinski definition) is 5. The van der Waals surface area contributed by atoms with Gasteiger partial charge in [-0.3, -0.25) is 4.79 Å². The van der Waals surface area contributed by atoms with E-state index in [2.05, 4.69) is 25.4 Å². The maximum atomic E-state index is 11.9. The highest BCUT2D eigenvalue weighted by molar-refractivity contribution is 5.90. The van der Waals surface area contributed by atoms with E-state index in [4.69, 9.17) is 4.52 Å². The van der Waals surface area contributed by atoms with E-state index in [9.17, 15) is 4.79 Å². The highest BCUT2D eigenvalue weighted by Crippen LogP contribution is 2.16. The molecule has 7 nitrogen and oxygen atoms in total. The lowest BCUT2D eigenvalue weighted by atomic mass is 10.1. The van der Waals surface area contributed by atoms with Crippen LogP contribution in [0.3, 0.4) is 0 Å². The van der Waals surface area contributed by atoms with E-state index in [0.29, 0.717) is 24.1 Å². The Labute approximate surface area is 126 Å². The van der Waals surface area contributed by atoms with Crippen LogP contribution < -0.4 is 5.32 Å². The fourth-order valence-electron chi connectivity index (χ4n) is 1.98. The van der Waals surface area contributed by atoms with Crippen molar-refractivity contribution in [1.82, 2.24) is 25.4 Å². The molecule has 0 saturated heterocycles. The Hall–Kier alpha value is -2.96. The van der Waals surface area contributed by atoms with Crippen molar-refractivity contribution in [3.05, 3.63) is 53.4 Å². The summed E-state index contributed by atoms with van der Waals surface area (Å²) in [6, 6.07) is 7.61. The number of carbonyl (C=O) groups is 1. The second-order valence-corrected chi connectivity index (χ2v) is 4.93. The molecule has 0 atom stereocenters. The van der Waals surface area contributed by atoms with Crippen LogP contribution in [0, 0.1) is 13.8 Å². The number of aryl methyl sites for hydroxylation is 2. The Morgan fingerprint density at radius 1 is 1.27 bits per heavy atom. The average Bonchev–Trinajstić information content (AvgIpc) is 3.14. The Morgan fingerprint density at radius 3 is 2.64 bits per heavy atom. The van der Waals surface area contributed by atoms with Crippen molar-refractivity contribution in [1.29, 1.82) is 0 Å². The molecule has 1 amide bonds. The summed E-state index contributed by atoms with van der Waals surface area (Å²) < 4.78 is 4.95. The zero-order valence-electron chi connectivity index (χ0n) is 12.3. The van der Waals surface area contributed by atoms with Crippen molar-refractivity contribution in [2.24, 2.45) is 0 Å². The van der Waals surface area contributed by atoms with Crippen LogP contribution >= 0.6 is 0 Å². The Balaban J connectivity index is 1.63. The minimum absolute atomic E-state index is 0.231. The molecular weight excluding hydrogens is 282 g/mol. The summed E-state index contributed by atoms with van der Waals surface area (Å²) in [5.74, 6) is 1.17. The number of nitrogens with zero attached hydrogens (tertiary/aromatic N) is 3. The number of benzene rings is 1. The van der Waals surface area contributed by atoms with Gasteiger partial charge in [-0.25, -0.2) is 4.98 Å². The summed E-state index contributed by atoms with van der Waals surface area (Å²) in [5.41, 5.74) is 2.69. The lowest BCUT2D eigenvalue weighted by Gasteiger charge is -2.04. The van der Waals surface area contributed by atoms with Crippen molar-refractivity contribution < 1.29 is 9.32 Å².